The van der Waals surface area contributed by atoms with Crippen molar-refractivity contribution in [3.05, 3.63) is 82.7 Å². The van der Waals surface area contributed by atoms with Gasteiger partial charge in [-0.05, 0) is 24.3 Å². The molecule has 4 rings (SSSR count). The summed E-state index contributed by atoms with van der Waals surface area (Å²) >= 11 is 6.06. The van der Waals surface area contributed by atoms with Crippen molar-refractivity contribution in [3.63, 3.8) is 0 Å². The maximum atomic E-state index is 13.7. The SMILES string of the molecule is O=C(NC1=CC=CCN1)C1=CNC2C=CC(c3cccc(F)c3Cl)=NN12. The number of carbonyl (C=O) groups is 1. The van der Waals surface area contributed by atoms with Gasteiger partial charge in [-0.2, -0.15) is 5.10 Å². The number of allylic oxidation sites excluding steroid dienone is 3. The monoisotopic (exact) mass is 371 g/mol. The van der Waals surface area contributed by atoms with Gasteiger partial charge >= 0.3 is 0 Å². The molecule has 1 atom stereocenters. The number of dihydropyridines is 1. The van der Waals surface area contributed by atoms with Crippen LogP contribution in [0.4, 0.5) is 4.39 Å². The van der Waals surface area contributed by atoms with E-state index < -0.39 is 5.82 Å². The molecule has 8 heteroatoms. The molecule has 3 aliphatic rings. The molecule has 0 aromatic heterocycles. The Balaban J connectivity index is 1.58. The number of halogens is 2. The highest BCUT2D eigenvalue weighted by Gasteiger charge is 2.31. The minimum atomic E-state index is -0.515. The van der Waals surface area contributed by atoms with Crippen LogP contribution >= 0.6 is 11.6 Å². The smallest absolute Gasteiger partial charge is 0.276 e. The van der Waals surface area contributed by atoms with E-state index in [1.807, 2.05) is 18.2 Å². The standard InChI is InChI=1S/C18H15ClFN5O/c19-17-11(4-3-5-12(17)20)13-7-8-16-22-10-14(25(16)24-13)18(26)23-15-6-1-2-9-21-15/h1-8,10,16,21-22H,9H2,(H,23,26). The topological polar surface area (TPSA) is 68.8 Å². The Morgan fingerprint density at radius 1 is 1.42 bits per heavy atom. The van der Waals surface area contributed by atoms with Gasteiger partial charge in [0.25, 0.3) is 5.91 Å². The fraction of sp³-hybridized carbons (Fsp3) is 0.111. The van der Waals surface area contributed by atoms with E-state index in [0.717, 1.165) is 0 Å². The molecule has 0 fully saturated rings. The van der Waals surface area contributed by atoms with Gasteiger partial charge in [-0.15, -0.1) is 0 Å². The highest BCUT2D eigenvalue weighted by molar-refractivity contribution is 6.35. The zero-order valence-electron chi connectivity index (χ0n) is 13.5. The number of hydrazone groups is 1. The van der Waals surface area contributed by atoms with Crippen LogP contribution in [-0.2, 0) is 4.79 Å². The third-order valence-electron chi connectivity index (χ3n) is 4.07. The van der Waals surface area contributed by atoms with Crippen LogP contribution < -0.4 is 16.0 Å². The number of nitrogens with one attached hydrogen (secondary N) is 3. The summed E-state index contributed by atoms with van der Waals surface area (Å²) in [5.74, 6) is -0.205. The zero-order chi connectivity index (χ0) is 18.1. The molecular formula is C18H15ClFN5O. The van der Waals surface area contributed by atoms with Crippen LogP contribution in [0.3, 0.4) is 0 Å². The van der Waals surface area contributed by atoms with Crippen LogP contribution in [0.5, 0.6) is 0 Å². The second-order valence-corrected chi connectivity index (χ2v) is 6.15. The Hall–Kier alpha value is -3.06. The predicted molar refractivity (Wildman–Crippen MR) is 97.3 cm³/mol. The average Bonchev–Trinajstić information content (AvgIpc) is 3.08. The highest BCUT2D eigenvalue weighted by Crippen LogP contribution is 2.26. The maximum Gasteiger partial charge on any atom is 0.276 e. The first-order chi connectivity index (χ1) is 12.6. The number of fused-ring (bicyclic) bond motifs is 1. The number of nitrogens with zero attached hydrogens (tertiary/aromatic N) is 2. The summed E-state index contributed by atoms with van der Waals surface area (Å²) < 4.78 is 13.7. The Kier molecular flexibility index (Phi) is 4.22. The first kappa shape index (κ1) is 16.4. The van der Waals surface area contributed by atoms with Gasteiger partial charge in [0.2, 0.25) is 0 Å². The van der Waals surface area contributed by atoms with E-state index in [2.05, 4.69) is 21.1 Å². The van der Waals surface area contributed by atoms with Gasteiger partial charge in [0.1, 0.15) is 23.5 Å². The number of hydrogen-bond donors (Lipinski definition) is 3. The second-order valence-electron chi connectivity index (χ2n) is 5.77. The van der Waals surface area contributed by atoms with E-state index in [9.17, 15) is 9.18 Å². The molecule has 0 radical (unpaired) electrons. The highest BCUT2D eigenvalue weighted by atomic mass is 35.5. The Bertz CT molecular complexity index is 918. The summed E-state index contributed by atoms with van der Waals surface area (Å²) in [5.41, 5.74) is 1.29. The number of benzene rings is 1. The second kappa shape index (κ2) is 6.68. The molecule has 6 nitrogen and oxygen atoms in total. The fourth-order valence-electron chi connectivity index (χ4n) is 2.78. The first-order valence-electron chi connectivity index (χ1n) is 8.02. The van der Waals surface area contributed by atoms with Gasteiger partial charge in [0, 0.05) is 18.3 Å². The summed E-state index contributed by atoms with van der Waals surface area (Å²) in [4.78, 5) is 12.6. The lowest BCUT2D eigenvalue weighted by Crippen LogP contribution is -2.40. The Labute approximate surface area is 154 Å². The molecule has 3 heterocycles. The molecule has 3 N–H and O–H groups in total. The third kappa shape index (κ3) is 2.97. The predicted octanol–water partition coefficient (Wildman–Crippen LogP) is 1.94. The lowest BCUT2D eigenvalue weighted by Gasteiger charge is -2.26. The molecule has 0 spiro atoms. The summed E-state index contributed by atoms with van der Waals surface area (Å²) in [6.07, 6.45) is 10.5. The molecule has 1 unspecified atom stereocenters. The maximum absolute atomic E-state index is 13.7. The van der Waals surface area contributed by atoms with E-state index in [4.69, 9.17) is 11.6 Å². The Morgan fingerprint density at radius 3 is 3.12 bits per heavy atom. The summed E-state index contributed by atoms with van der Waals surface area (Å²) in [7, 11) is 0. The van der Waals surface area contributed by atoms with E-state index in [1.54, 1.807) is 35.5 Å². The molecule has 0 aliphatic carbocycles. The van der Waals surface area contributed by atoms with Gasteiger partial charge < -0.3 is 16.0 Å². The van der Waals surface area contributed by atoms with Crippen LogP contribution in [0.2, 0.25) is 5.02 Å². The van der Waals surface area contributed by atoms with E-state index in [0.29, 0.717) is 29.3 Å². The lowest BCUT2D eigenvalue weighted by atomic mass is 10.1. The van der Waals surface area contributed by atoms with Crippen molar-refractivity contribution < 1.29 is 9.18 Å². The molecular weight excluding hydrogens is 357 g/mol. The quantitative estimate of drug-likeness (QED) is 0.759. The van der Waals surface area contributed by atoms with Crippen LogP contribution in [-0.4, -0.2) is 29.3 Å². The van der Waals surface area contributed by atoms with Crippen molar-refractivity contribution in [1.29, 1.82) is 0 Å². The summed E-state index contributed by atoms with van der Waals surface area (Å²) in [6.45, 7) is 0.652. The Morgan fingerprint density at radius 2 is 2.31 bits per heavy atom. The molecule has 26 heavy (non-hydrogen) atoms. The van der Waals surface area contributed by atoms with Crippen LogP contribution in [0, 0.1) is 5.82 Å². The van der Waals surface area contributed by atoms with Crippen molar-refractivity contribution in [2.24, 2.45) is 5.10 Å². The molecule has 1 aromatic rings. The van der Waals surface area contributed by atoms with Crippen LogP contribution in [0.15, 0.2) is 71.4 Å². The van der Waals surface area contributed by atoms with E-state index in [-0.39, 0.29) is 17.1 Å². The van der Waals surface area contributed by atoms with Crippen molar-refractivity contribution >= 4 is 23.2 Å². The van der Waals surface area contributed by atoms with Crippen LogP contribution in [0.1, 0.15) is 5.56 Å². The van der Waals surface area contributed by atoms with Gasteiger partial charge in [-0.3, -0.25) is 4.79 Å². The largest absolute Gasteiger partial charge is 0.368 e. The van der Waals surface area contributed by atoms with E-state index >= 15 is 0 Å². The minimum absolute atomic E-state index is 0.000152. The number of amides is 1. The molecule has 1 amide bonds. The van der Waals surface area contributed by atoms with Gasteiger partial charge in [0.15, 0.2) is 0 Å². The minimum Gasteiger partial charge on any atom is -0.368 e. The van der Waals surface area contributed by atoms with Gasteiger partial charge in [0.05, 0.1) is 10.7 Å². The fourth-order valence-corrected chi connectivity index (χ4v) is 3.01. The van der Waals surface area contributed by atoms with E-state index in [1.165, 1.54) is 6.07 Å². The van der Waals surface area contributed by atoms with Crippen molar-refractivity contribution in [2.75, 3.05) is 6.54 Å². The molecule has 0 bridgehead atoms. The molecule has 1 aromatic carbocycles. The van der Waals surface area contributed by atoms with Gasteiger partial charge in [-0.1, -0.05) is 35.9 Å². The molecule has 0 saturated carbocycles. The number of rotatable bonds is 3. The average molecular weight is 372 g/mol. The van der Waals surface area contributed by atoms with Crippen molar-refractivity contribution in [3.8, 4) is 0 Å². The molecule has 0 saturated heterocycles. The summed E-state index contributed by atoms with van der Waals surface area (Å²) in [6, 6.07) is 4.54. The first-order valence-corrected chi connectivity index (χ1v) is 8.40. The van der Waals surface area contributed by atoms with Crippen LogP contribution in [0.25, 0.3) is 0 Å². The lowest BCUT2D eigenvalue weighted by molar-refractivity contribution is -0.118. The van der Waals surface area contributed by atoms with Crippen molar-refractivity contribution in [1.82, 2.24) is 21.0 Å². The molecule has 132 valence electrons. The number of carbonyl (C=O) groups excluding carboxylic acids is 1. The summed E-state index contributed by atoms with van der Waals surface area (Å²) in [5, 5.41) is 15.0. The molecule has 3 aliphatic heterocycles. The normalized spacial score (nSPS) is 20.5. The third-order valence-corrected chi connectivity index (χ3v) is 4.45. The van der Waals surface area contributed by atoms with Gasteiger partial charge in [-0.25, -0.2) is 9.40 Å². The number of hydrogen-bond acceptors (Lipinski definition) is 5. The zero-order valence-corrected chi connectivity index (χ0v) is 14.3. The van der Waals surface area contributed by atoms with Crippen molar-refractivity contribution in [2.45, 2.75) is 6.17 Å².